The molecule has 0 spiro atoms. The van der Waals surface area contributed by atoms with E-state index in [0.29, 0.717) is 5.56 Å². The van der Waals surface area contributed by atoms with Gasteiger partial charge in [0.1, 0.15) is 0 Å². The smallest absolute Gasteiger partial charge is 0.251 e. The van der Waals surface area contributed by atoms with Crippen molar-refractivity contribution in [2.75, 3.05) is 29.9 Å². The molecule has 0 unspecified atom stereocenters. The zero-order chi connectivity index (χ0) is 19.1. The second-order valence-electron chi connectivity index (χ2n) is 5.91. The summed E-state index contributed by atoms with van der Waals surface area (Å²) >= 11 is 3.39. The molecule has 0 aliphatic carbocycles. The number of nitrogens with zero attached hydrogens (tertiary/aromatic N) is 1. The molecule has 26 heavy (non-hydrogen) atoms. The Morgan fingerprint density at radius 2 is 1.69 bits per heavy atom. The summed E-state index contributed by atoms with van der Waals surface area (Å²) in [4.78, 5) is 26.5. The van der Waals surface area contributed by atoms with Crippen LogP contribution in [0.15, 0.2) is 46.9 Å². The molecule has 0 atom stereocenters. The predicted octanol–water partition coefficient (Wildman–Crippen LogP) is 3.97. The SMILES string of the molecule is CCN(CC)c1ccc(C(=O)NCC(=O)Nc2ccc(Br)cc2C)cc1. The van der Waals surface area contributed by atoms with E-state index in [2.05, 4.69) is 45.3 Å². The molecule has 0 radical (unpaired) electrons. The van der Waals surface area contributed by atoms with Gasteiger partial charge < -0.3 is 15.5 Å². The highest BCUT2D eigenvalue weighted by Crippen LogP contribution is 2.20. The fraction of sp³-hybridized carbons (Fsp3) is 0.300. The minimum atomic E-state index is -0.265. The largest absolute Gasteiger partial charge is 0.372 e. The minimum absolute atomic E-state index is 0.0772. The lowest BCUT2D eigenvalue weighted by Crippen LogP contribution is -2.33. The molecule has 138 valence electrons. The summed E-state index contributed by atoms with van der Waals surface area (Å²) in [6, 6.07) is 13.0. The highest BCUT2D eigenvalue weighted by atomic mass is 79.9. The Labute approximate surface area is 162 Å². The highest BCUT2D eigenvalue weighted by Gasteiger charge is 2.10. The monoisotopic (exact) mass is 417 g/mol. The van der Waals surface area contributed by atoms with Crippen LogP contribution in [0.25, 0.3) is 0 Å². The van der Waals surface area contributed by atoms with Crippen molar-refractivity contribution in [3.05, 3.63) is 58.1 Å². The molecule has 2 rings (SSSR count). The van der Waals surface area contributed by atoms with E-state index in [1.165, 1.54) is 0 Å². The molecule has 2 N–H and O–H groups in total. The first kappa shape index (κ1) is 20.0. The van der Waals surface area contributed by atoms with Crippen LogP contribution in [0.3, 0.4) is 0 Å². The number of benzene rings is 2. The quantitative estimate of drug-likeness (QED) is 0.716. The van der Waals surface area contributed by atoms with Gasteiger partial charge in [-0.1, -0.05) is 15.9 Å². The average Bonchev–Trinajstić information content (AvgIpc) is 2.63. The van der Waals surface area contributed by atoms with E-state index >= 15 is 0 Å². The van der Waals surface area contributed by atoms with Crippen molar-refractivity contribution in [2.24, 2.45) is 0 Å². The summed E-state index contributed by atoms with van der Waals surface area (Å²) in [6.07, 6.45) is 0. The Morgan fingerprint density at radius 1 is 1.04 bits per heavy atom. The van der Waals surface area contributed by atoms with Gasteiger partial charge >= 0.3 is 0 Å². The molecule has 0 aliphatic rings. The number of hydrogen-bond donors (Lipinski definition) is 2. The van der Waals surface area contributed by atoms with Crippen molar-refractivity contribution in [3.63, 3.8) is 0 Å². The molecule has 2 aromatic carbocycles. The zero-order valence-corrected chi connectivity index (χ0v) is 16.9. The number of anilines is 2. The zero-order valence-electron chi connectivity index (χ0n) is 15.3. The third-order valence-electron chi connectivity index (χ3n) is 4.13. The van der Waals surface area contributed by atoms with Crippen LogP contribution in [0.5, 0.6) is 0 Å². The van der Waals surface area contributed by atoms with Gasteiger partial charge in [-0.2, -0.15) is 0 Å². The summed E-state index contributed by atoms with van der Waals surface area (Å²) in [5, 5.41) is 5.45. The van der Waals surface area contributed by atoms with Gasteiger partial charge in [0, 0.05) is 34.5 Å². The van der Waals surface area contributed by atoms with Crippen LogP contribution in [0.1, 0.15) is 29.8 Å². The van der Waals surface area contributed by atoms with Crippen molar-refractivity contribution in [1.82, 2.24) is 5.32 Å². The lowest BCUT2D eigenvalue weighted by atomic mass is 10.2. The second kappa shape index (κ2) is 9.38. The van der Waals surface area contributed by atoms with Crippen LogP contribution in [0.2, 0.25) is 0 Å². The molecule has 0 fully saturated rings. The third kappa shape index (κ3) is 5.33. The van der Waals surface area contributed by atoms with Crippen molar-refractivity contribution in [1.29, 1.82) is 0 Å². The van der Waals surface area contributed by atoms with Crippen molar-refractivity contribution < 1.29 is 9.59 Å². The van der Waals surface area contributed by atoms with Gasteiger partial charge in [0.15, 0.2) is 0 Å². The van der Waals surface area contributed by atoms with Crippen LogP contribution in [0.4, 0.5) is 11.4 Å². The van der Waals surface area contributed by atoms with Crippen molar-refractivity contribution in [2.45, 2.75) is 20.8 Å². The molecule has 0 bridgehead atoms. The van der Waals surface area contributed by atoms with E-state index in [4.69, 9.17) is 0 Å². The summed E-state index contributed by atoms with van der Waals surface area (Å²) in [5.41, 5.74) is 3.30. The van der Waals surface area contributed by atoms with E-state index < -0.39 is 0 Å². The first-order valence-corrected chi connectivity index (χ1v) is 9.43. The Morgan fingerprint density at radius 3 is 2.27 bits per heavy atom. The maximum Gasteiger partial charge on any atom is 0.251 e. The first-order chi connectivity index (χ1) is 12.4. The third-order valence-corrected chi connectivity index (χ3v) is 4.62. The Balaban J connectivity index is 1.90. The van der Waals surface area contributed by atoms with Gasteiger partial charge in [-0.25, -0.2) is 0 Å². The molecule has 0 saturated carbocycles. The van der Waals surface area contributed by atoms with Crippen molar-refractivity contribution in [3.8, 4) is 0 Å². The number of rotatable bonds is 7. The fourth-order valence-electron chi connectivity index (χ4n) is 2.64. The second-order valence-corrected chi connectivity index (χ2v) is 6.82. The van der Waals surface area contributed by atoms with E-state index in [1.54, 1.807) is 12.1 Å². The Hall–Kier alpha value is -2.34. The van der Waals surface area contributed by atoms with Gasteiger partial charge in [-0.15, -0.1) is 0 Å². The molecular formula is C20H24BrN3O2. The van der Waals surface area contributed by atoms with E-state index in [1.807, 2.05) is 37.3 Å². The number of carbonyl (C=O) groups is 2. The van der Waals surface area contributed by atoms with E-state index in [9.17, 15) is 9.59 Å². The standard InChI is InChI=1S/C20H24BrN3O2/c1-4-24(5-2)17-9-6-15(7-10-17)20(26)22-13-19(25)23-18-11-8-16(21)12-14(18)3/h6-12H,4-5,13H2,1-3H3,(H,22,26)(H,23,25). The van der Waals surface area contributed by atoms with Crippen LogP contribution in [-0.2, 0) is 4.79 Å². The number of nitrogens with one attached hydrogen (secondary N) is 2. The molecular weight excluding hydrogens is 394 g/mol. The van der Waals surface area contributed by atoms with Gasteiger partial charge in [0.2, 0.25) is 5.91 Å². The Bertz CT molecular complexity index is 771. The fourth-order valence-corrected chi connectivity index (χ4v) is 3.11. The normalized spacial score (nSPS) is 10.3. The number of halogens is 1. The van der Waals surface area contributed by atoms with Gasteiger partial charge in [-0.05, 0) is 68.8 Å². The predicted molar refractivity (Wildman–Crippen MR) is 110 cm³/mol. The van der Waals surface area contributed by atoms with Crippen LogP contribution in [-0.4, -0.2) is 31.4 Å². The molecule has 0 aromatic heterocycles. The summed E-state index contributed by atoms with van der Waals surface area (Å²) in [7, 11) is 0. The number of aryl methyl sites for hydroxylation is 1. The van der Waals surface area contributed by atoms with Gasteiger partial charge in [0.25, 0.3) is 5.91 Å². The highest BCUT2D eigenvalue weighted by molar-refractivity contribution is 9.10. The summed E-state index contributed by atoms with van der Waals surface area (Å²) in [5.74, 6) is -0.526. The number of amides is 2. The summed E-state index contributed by atoms with van der Waals surface area (Å²) < 4.78 is 0.953. The van der Waals surface area contributed by atoms with Gasteiger partial charge in [0.05, 0.1) is 6.54 Å². The molecule has 0 heterocycles. The molecule has 5 nitrogen and oxygen atoms in total. The molecule has 0 saturated heterocycles. The lowest BCUT2D eigenvalue weighted by molar-refractivity contribution is -0.115. The molecule has 0 aliphatic heterocycles. The van der Waals surface area contributed by atoms with Crippen LogP contribution < -0.4 is 15.5 Å². The molecule has 6 heteroatoms. The first-order valence-electron chi connectivity index (χ1n) is 8.63. The minimum Gasteiger partial charge on any atom is -0.372 e. The van der Waals surface area contributed by atoms with E-state index in [0.717, 1.165) is 34.5 Å². The lowest BCUT2D eigenvalue weighted by Gasteiger charge is -2.21. The number of carbonyl (C=O) groups excluding carboxylic acids is 2. The maximum absolute atomic E-state index is 12.2. The number of hydrogen-bond acceptors (Lipinski definition) is 3. The van der Waals surface area contributed by atoms with Crippen LogP contribution in [0, 0.1) is 6.92 Å². The van der Waals surface area contributed by atoms with E-state index in [-0.39, 0.29) is 18.4 Å². The van der Waals surface area contributed by atoms with Crippen molar-refractivity contribution >= 4 is 39.1 Å². The topological polar surface area (TPSA) is 61.4 Å². The average molecular weight is 418 g/mol. The molecule has 2 amide bonds. The van der Waals surface area contributed by atoms with Gasteiger partial charge in [-0.3, -0.25) is 9.59 Å². The summed E-state index contributed by atoms with van der Waals surface area (Å²) in [6.45, 7) is 7.85. The maximum atomic E-state index is 12.2. The Kier molecular flexibility index (Phi) is 7.21. The molecule has 2 aromatic rings. The van der Waals surface area contributed by atoms with Crippen LogP contribution >= 0.6 is 15.9 Å².